The maximum atomic E-state index is 12.1. The summed E-state index contributed by atoms with van der Waals surface area (Å²) < 4.78 is 0. The van der Waals surface area contributed by atoms with Gasteiger partial charge in [-0.05, 0) is 57.5 Å². The van der Waals surface area contributed by atoms with Crippen molar-refractivity contribution in [1.29, 1.82) is 0 Å². The molecule has 0 radical (unpaired) electrons. The highest BCUT2D eigenvalue weighted by molar-refractivity contribution is 5.85. The lowest BCUT2D eigenvalue weighted by Crippen LogP contribution is -2.42. The fourth-order valence-electron chi connectivity index (χ4n) is 2.82. The maximum Gasteiger partial charge on any atom is 0.222 e. The van der Waals surface area contributed by atoms with Crippen molar-refractivity contribution in [3.05, 3.63) is 29.8 Å². The van der Waals surface area contributed by atoms with Gasteiger partial charge in [-0.3, -0.25) is 4.79 Å². The molecule has 0 aromatic heterocycles. The summed E-state index contributed by atoms with van der Waals surface area (Å²) in [5.41, 5.74) is 2.46. The minimum Gasteiger partial charge on any atom is -0.382 e. The van der Waals surface area contributed by atoms with E-state index in [4.69, 9.17) is 0 Å². The van der Waals surface area contributed by atoms with Gasteiger partial charge in [-0.2, -0.15) is 0 Å². The molecule has 2 N–H and O–H groups in total. The largest absolute Gasteiger partial charge is 0.382 e. The Labute approximate surface area is 152 Å². The number of carbonyl (C=O) groups excluding carboxylic acids is 1. The molecule has 0 bridgehead atoms. The van der Waals surface area contributed by atoms with E-state index in [9.17, 15) is 4.79 Å². The van der Waals surface area contributed by atoms with Crippen LogP contribution in [0, 0.1) is 6.92 Å². The van der Waals surface area contributed by atoms with Gasteiger partial charge in [-0.25, -0.2) is 0 Å². The SMILES string of the molecule is CNCCCC(=O)N1CCC(Nc2cccc(C)c2)CC1.Cl.Cl. The molecule has 0 unspecified atom stereocenters. The summed E-state index contributed by atoms with van der Waals surface area (Å²) in [6, 6.07) is 8.96. The molecule has 2 rings (SSSR count). The van der Waals surface area contributed by atoms with E-state index in [0.29, 0.717) is 18.4 Å². The zero-order valence-electron chi connectivity index (χ0n) is 14.0. The van der Waals surface area contributed by atoms with Crippen LogP contribution in [0.4, 0.5) is 5.69 Å². The molecular weight excluding hydrogens is 333 g/mol. The number of hydrogen-bond acceptors (Lipinski definition) is 3. The molecule has 6 heteroatoms. The number of hydrogen-bond donors (Lipinski definition) is 2. The topological polar surface area (TPSA) is 44.4 Å². The van der Waals surface area contributed by atoms with E-state index < -0.39 is 0 Å². The third kappa shape index (κ3) is 7.42. The number of rotatable bonds is 6. The summed E-state index contributed by atoms with van der Waals surface area (Å²) >= 11 is 0. The fourth-order valence-corrected chi connectivity index (χ4v) is 2.82. The van der Waals surface area contributed by atoms with E-state index in [1.54, 1.807) is 0 Å². The van der Waals surface area contributed by atoms with Crippen molar-refractivity contribution in [2.45, 2.75) is 38.6 Å². The minimum absolute atomic E-state index is 0. The molecule has 1 aromatic rings. The quantitative estimate of drug-likeness (QED) is 0.764. The first kappa shape index (κ1) is 22.0. The number of likely N-dealkylation sites (tertiary alicyclic amines) is 1. The Balaban J connectivity index is 0.00000242. The molecule has 1 saturated heterocycles. The second kappa shape index (κ2) is 11.5. The van der Waals surface area contributed by atoms with E-state index >= 15 is 0 Å². The van der Waals surface area contributed by atoms with Gasteiger partial charge < -0.3 is 15.5 Å². The van der Waals surface area contributed by atoms with Gasteiger partial charge in [0.05, 0.1) is 0 Å². The van der Waals surface area contributed by atoms with Crippen LogP contribution >= 0.6 is 24.8 Å². The summed E-state index contributed by atoms with van der Waals surface area (Å²) in [6.45, 7) is 4.78. The number of nitrogens with zero attached hydrogens (tertiary/aromatic N) is 1. The van der Waals surface area contributed by atoms with Crippen LogP contribution in [0.1, 0.15) is 31.2 Å². The number of aryl methyl sites for hydroxylation is 1. The van der Waals surface area contributed by atoms with E-state index in [1.807, 2.05) is 11.9 Å². The molecule has 1 aliphatic heterocycles. The van der Waals surface area contributed by atoms with Crippen molar-refractivity contribution in [3.63, 3.8) is 0 Å². The van der Waals surface area contributed by atoms with Gasteiger partial charge in [-0.1, -0.05) is 12.1 Å². The van der Waals surface area contributed by atoms with Crippen LogP contribution in [0.3, 0.4) is 0 Å². The molecule has 132 valence electrons. The van der Waals surface area contributed by atoms with Gasteiger partial charge in [0.1, 0.15) is 0 Å². The number of amides is 1. The number of piperidine rings is 1. The minimum atomic E-state index is 0. The lowest BCUT2D eigenvalue weighted by atomic mass is 10.0. The Morgan fingerprint density at radius 3 is 2.57 bits per heavy atom. The molecule has 1 aliphatic rings. The zero-order chi connectivity index (χ0) is 15.1. The standard InChI is InChI=1S/C17H27N3O.2ClH/c1-14-5-3-6-16(13-14)19-15-8-11-20(12-9-15)17(21)7-4-10-18-2;;/h3,5-6,13,15,18-19H,4,7-12H2,1-2H3;2*1H. The third-order valence-electron chi connectivity index (χ3n) is 4.05. The summed E-state index contributed by atoms with van der Waals surface area (Å²) in [4.78, 5) is 14.1. The van der Waals surface area contributed by atoms with E-state index in [0.717, 1.165) is 38.9 Å². The van der Waals surface area contributed by atoms with Gasteiger partial charge in [0.2, 0.25) is 5.91 Å². The van der Waals surface area contributed by atoms with Crippen molar-refractivity contribution < 1.29 is 4.79 Å². The van der Waals surface area contributed by atoms with Gasteiger partial charge >= 0.3 is 0 Å². The van der Waals surface area contributed by atoms with Gasteiger partial charge in [0.25, 0.3) is 0 Å². The van der Waals surface area contributed by atoms with Crippen molar-refractivity contribution in [3.8, 4) is 0 Å². The van der Waals surface area contributed by atoms with E-state index in [1.165, 1.54) is 11.3 Å². The molecule has 0 saturated carbocycles. The normalized spacial score (nSPS) is 14.6. The van der Waals surface area contributed by atoms with Crippen molar-refractivity contribution in [2.24, 2.45) is 0 Å². The Bertz CT molecular complexity index is 463. The average molecular weight is 362 g/mol. The first-order chi connectivity index (χ1) is 10.2. The fraction of sp³-hybridized carbons (Fsp3) is 0.588. The molecule has 0 atom stereocenters. The molecule has 4 nitrogen and oxygen atoms in total. The molecule has 0 spiro atoms. The molecule has 1 amide bonds. The third-order valence-corrected chi connectivity index (χ3v) is 4.05. The van der Waals surface area contributed by atoms with Crippen LogP contribution in [-0.4, -0.2) is 43.5 Å². The Morgan fingerprint density at radius 1 is 1.26 bits per heavy atom. The molecule has 0 aliphatic carbocycles. The molecule has 1 aromatic carbocycles. The lowest BCUT2D eigenvalue weighted by molar-refractivity contribution is -0.132. The average Bonchev–Trinajstić information content (AvgIpc) is 2.48. The molecular formula is C17H29Cl2N3O. The number of nitrogens with one attached hydrogen (secondary N) is 2. The summed E-state index contributed by atoms with van der Waals surface area (Å²) in [5.74, 6) is 0.305. The second-order valence-electron chi connectivity index (χ2n) is 5.88. The van der Waals surface area contributed by atoms with Crippen LogP contribution in [0.2, 0.25) is 0 Å². The first-order valence-electron chi connectivity index (χ1n) is 7.94. The summed E-state index contributed by atoms with van der Waals surface area (Å²) in [5, 5.41) is 6.67. The maximum absolute atomic E-state index is 12.1. The van der Waals surface area contributed by atoms with Crippen LogP contribution in [0.25, 0.3) is 0 Å². The number of carbonyl (C=O) groups is 1. The van der Waals surface area contributed by atoms with Crippen LogP contribution in [-0.2, 0) is 4.79 Å². The molecule has 23 heavy (non-hydrogen) atoms. The predicted octanol–water partition coefficient (Wildman–Crippen LogP) is 3.24. The smallest absolute Gasteiger partial charge is 0.222 e. The second-order valence-corrected chi connectivity index (χ2v) is 5.88. The highest BCUT2D eigenvalue weighted by Gasteiger charge is 2.22. The van der Waals surface area contributed by atoms with Crippen LogP contribution in [0.5, 0.6) is 0 Å². The van der Waals surface area contributed by atoms with Gasteiger partial charge in [-0.15, -0.1) is 24.8 Å². The summed E-state index contributed by atoms with van der Waals surface area (Å²) in [7, 11) is 1.92. The van der Waals surface area contributed by atoms with Crippen molar-refractivity contribution in [1.82, 2.24) is 10.2 Å². The monoisotopic (exact) mass is 361 g/mol. The zero-order valence-corrected chi connectivity index (χ0v) is 15.6. The first-order valence-corrected chi connectivity index (χ1v) is 7.94. The van der Waals surface area contributed by atoms with Gasteiger partial charge in [0, 0.05) is 31.2 Å². The Hall–Kier alpha value is -0.970. The Kier molecular flexibility index (Phi) is 11.1. The number of halogens is 2. The molecule has 1 fully saturated rings. The highest BCUT2D eigenvalue weighted by atomic mass is 35.5. The van der Waals surface area contributed by atoms with E-state index in [2.05, 4.69) is 41.8 Å². The van der Waals surface area contributed by atoms with Crippen molar-refractivity contribution >= 4 is 36.4 Å². The molecule has 1 heterocycles. The van der Waals surface area contributed by atoms with E-state index in [-0.39, 0.29) is 24.8 Å². The predicted molar refractivity (Wildman–Crippen MR) is 102 cm³/mol. The van der Waals surface area contributed by atoms with Crippen LogP contribution < -0.4 is 10.6 Å². The Morgan fingerprint density at radius 2 is 1.96 bits per heavy atom. The number of benzene rings is 1. The van der Waals surface area contributed by atoms with Crippen molar-refractivity contribution in [2.75, 3.05) is 32.0 Å². The highest BCUT2D eigenvalue weighted by Crippen LogP contribution is 2.18. The lowest BCUT2D eigenvalue weighted by Gasteiger charge is -2.33. The van der Waals surface area contributed by atoms with Crippen LogP contribution in [0.15, 0.2) is 24.3 Å². The number of anilines is 1. The van der Waals surface area contributed by atoms with Gasteiger partial charge in [0.15, 0.2) is 0 Å². The summed E-state index contributed by atoms with van der Waals surface area (Å²) in [6.07, 6.45) is 3.66.